The van der Waals surface area contributed by atoms with E-state index in [-0.39, 0.29) is 5.76 Å². The van der Waals surface area contributed by atoms with Crippen molar-refractivity contribution < 1.29 is 18.7 Å². The minimum Gasteiger partial charge on any atom is -0.449 e. The van der Waals surface area contributed by atoms with E-state index in [9.17, 15) is 14.9 Å². The van der Waals surface area contributed by atoms with E-state index in [2.05, 4.69) is 11.4 Å². The highest BCUT2D eigenvalue weighted by atomic mass is 16.6. The van der Waals surface area contributed by atoms with E-state index in [4.69, 9.17) is 9.15 Å². The average Bonchev–Trinajstić information content (AvgIpc) is 3.06. The number of fused-ring (bicyclic) bond motifs is 1. The van der Waals surface area contributed by atoms with E-state index in [1.165, 1.54) is 6.92 Å². The predicted molar refractivity (Wildman–Crippen MR) is 90.7 cm³/mol. The molecule has 0 bridgehead atoms. The van der Waals surface area contributed by atoms with Crippen molar-refractivity contribution in [3.8, 4) is 6.07 Å². The molecule has 1 aliphatic carbocycles. The van der Waals surface area contributed by atoms with Crippen LogP contribution >= 0.6 is 0 Å². The van der Waals surface area contributed by atoms with Crippen LogP contribution < -0.4 is 5.32 Å². The summed E-state index contributed by atoms with van der Waals surface area (Å²) in [5.41, 5.74) is -0.271. The standard InChI is InChI=1S/C19H20N2O4/c1-13(17(22)21-19(12-20)9-5-2-6-10-19)24-18(23)16-11-14-7-3-4-8-15(14)25-16/h3-4,7-8,11,13H,2,5-6,9-10H2,1H3,(H,21,22)/t13-/m0/s1. The van der Waals surface area contributed by atoms with Crippen molar-refractivity contribution in [2.45, 2.75) is 50.7 Å². The molecule has 6 heteroatoms. The van der Waals surface area contributed by atoms with E-state index in [0.717, 1.165) is 24.6 Å². The number of ether oxygens (including phenoxy) is 1. The van der Waals surface area contributed by atoms with Crippen molar-refractivity contribution >= 4 is 22.8 Å². The number of hydrogen-bond donors (Lipinski definition) is 1. The second kappa shape index (κ2) is 6.98. The first-order chi connectivity index (χ1) is 12.0. The maximum absolute atomic E-state index is 12.3. The first-order valence-electron chi connectivity index (χ1n) is 8.46. The maximum Gasteiger partial charge on any atom is 0.375 e. The van der Waals surface area contributed by atoms with Crippen LogP contribution in [0.3, 0.4) is 0 Å². The Morgan fingerprint density at radius 2 is 2.00 bits per heavy atom. The number of nitrogens with one attached hydrogen (secondary N) is 1. The Bertz CT molecular complexity index is 794. The number of para-hydroxylation sites is 1. The lowest BCUT2D eigenvalue weighted by Crippen LogP contribution is -2.52. The summed E-state index contributed by atoms with van der Waals surface area (Å²) in [6.45, 7) is 1.49. The summed E-state index contributed by atoms with van der Waals surface area (Å²) in [5.74, 6) is -1.12. The third-order valence-corrected chi connectivity index (χ3v) is 4.56. The van der Waals surface area contributed by atoms with Crippen molar-refractivity contribution in [3.63, 3.8) is 0 Å². The van der Waals surface area contributed by atoms with Crippen LogP contribution in [-0.2, 0) is 9.53 Å². The predicted octanol–water partition coefficient (Wildman–Crippen LogP) is 3.32. The average molecular weight is 340 g/mol. The third kappa shape index (κ3) is 3.66. The van der Waals surface area contributed by atoms with Crippen LogP contribution in [0.4, 0.5) is 0 Å². The largest absolute Gasteiger partial charge is 0.449 e. The molecule has 1 atom stereocenters. The molecule has 3 rings (SSSR count). The van der Waals surface area contributed by atoms with E-state index in [1.807, 2.05) is 18.2 Å². The highest BCUT2D eigenvalue weighted by molar-refractivity contribution is 5.94. The van der Waals surface area contributed by atoms with Gasteiger partial charge in [0.25, 0.3) is 5.91 Å². The zero-order valence-electron chi connectivity index (χ0n) is 14.1. The van der Waals surface area contributed by atoms with Gasteiger partial charge in [0.1, 0.15) is 11.1 Å². The molecule has 0 aliphatic heterocycles. The number of hydrogen-bond acceptors (Lipinski definition) is 5. The molecule has 0 radical (unpaired) electrons. The maximum atomic E-state index is 12.3. The molecule has 0 spiro atoms. The lowest BCUT2D eigenvalue weighted by Gasteiger charge is -2.32. The number of rotatable bonds is 4. The summed E-state index contributed by atoms with van der Waals surface area (Å²) in [5, 5.41) is 13.0. The van der Waals surface area contributed by atoms with Crippen molar-refractivity contribution in [1.29, 1.82) is 5.26 Å². The summed E-state index contributed by atoms with van der Waals surface area (Å²) >= 11 is 0. The Balaban J connectivity index is 1.64. The Kier molecular flexibility index (Phi) is 4.75. The second-order valence-electron chi connectivity index (χ2n) is 6.44. The van der Waals surface area contributed by atoms with Gasteiger partial charge in [-0.25, -0.2) is 4.79 Å². The summed E-state index contributed by atoms with van der Waals surface area (Å²) < 4.78 is 10.6. The Hall–Kier alpha value is -2.81. The first-order valence-corrected chi connectivity index (χ1v) is 8.46. The van der Waals surface area contributed by atoms with Gasteiger partial charge in [-0.05, 0) is 31.9 Å². The van der Waals surface area contributed by atoms with Crippen LogP contribution in [0.15, 0.2) is 34.7 Å². The van der Waals surface area contributed by atoms with Gasteiger partial charge in [0.15, 0.2) is 6.10 Å². The molecule has 1 fully saturated rings. The fraction of sp³-hybridized carbons (Fsp3) is 0.421. The van der Waals surface area contributed by atoms with Gasteiger partial charge in [-0.2, -0.15) is 5.26 Å². The molecule has 0 unspecified atom stereocenters. The van der Waals surface area contributed by atoms with Crippen LogP contribution in [-0.4, -0.2) is 23.5 Å². The summed E-state index contributed by atoms with van der Waals surface area (Å²) in [4.78, 5) is 24.6. The molecule has 0 saturated heterocycles. The summed E-state index contributed by atoms with van der Waals surface area (Å²) in [6.07, 6.45) is 3.12. The van der Waals surface area contributed by atoms with Crippen LogP contribution in [0.5, 0.6) is 0 Å². The molecule has 1 heterocycles. The Labute approximate surface area is 145 Å². The van der Waals surface area contributed by atoms with Crippen molar-refractivity contribution in [2.24, 2.45) is 0 Å². The Morgan fingerprint density at radius 1 is 1.28 bits per heavy atom. The monoisotopic (exact) mass is 340 g/mol. The number of nitriles is 1. The topological polar surface area (TPSA) is 92.3 Å². The Morgan fingerprint density at radius 3 is 2.68 bits per heavy atom. The minimum atomic E-state index is -1.01. The van der Waals surface area contributed by atoms with Gasteiger partial charge < -0.3 is 14.5 Å². The van der Waals surface area contributed by atoms with Gasteiger partial charge in [-0.15, -0.1) is 0 Å². The van der Waals surface area contributed by atoms with Gasteiger partial charge in [0, 0.05) is 5.39 Å². The fourth-order valence-corrected chi connectivity index (χ4v) is 3.11. The molecule has 2 aromatic rings. The molecule has 1 N–H and O–H groups in total. The van der Waals surface area contributed by atoms with Crippen LogP contribution in [0.25, 0.3) is 11.0 Å². The molecule has 1 amide bonds. The molecule has 1 aromatic carbocycles. The van der Waals surface area contributed by atoms with Gasteiger partial charge in [-0.1, -0.05) is 37.5 Å². The van der Waals surface area contributed by atoms with Gasteiger partial charge in [-0.3, -0.25) is 4.79 Å². The molecule has 1 saturated carbocycles. The summed E-state index contributed by atoms with van der Waals surface area (Å²) in [6, 6.07) is 11.0. The molecule has 1 aromatic heterocycles. The van der Waals surface area contributed by atoms with Crippen LogP contribution in [0.2, 0.25) is 0 Å². The van der Waals surface area contributed by atoms with E-state index < -0.39 is 23.5 Å². The molecular formula is C19H20N2O4. The second-order valence-corrected chi connectivity index (χ2v) is 6.44. The number of amides is 1. The van der Waals surface area contributed by atoms with Crippen molar-refractivity contribution in [1.82, 2.24) is 5.32 Å². The van der Waals surface area contributed by atoms with Gasteiger partial charge >= 0.3 is 5.97 Å². The van der Waals surface area contributed by atoms with Crippen LogP contribution in [0.1, 0.15) is 49.6 Å². The van der Waals surface area contributed by atoms with Gasteiger partial charge in [0.2, 0.25) is 5.76 Å². The molecule has 6 nitrogen and oxygen atoms in total. The number of furan rings is 1. The number of esters is 1. The third-order valence-electron chi connectivity index (χ3n) is 4.56. The number of carbonyl (C=O) groups is 2. The highest BCUT2D eigenvalue weighted by Crippen LogP contribution is 2.27. The molecule has 130 valence electrons. The van der Waals surface area contributed by atoms with E-state index in [1.54, 1.807) is 12.1 Å². The normalized spacial score (nSPS) is 17.4. The number of carbonyl (C=O) groups excluding carboxylic acids is 2. The zero-order valence-corrected chi connectivity index (χ0v) is 14.1. The summed E-state index contributed by atoms with van der Waals surface area (Å²) in [7, 11) is 0. The van der Waals surface area contributed by atoms with Crippen molar-refractivity contribution in [2.75, 3.05) is 0 Å². The molecule has 25 heavy (non-hydrogen) atoms. The van der Waals surface area contributed by atoms with Crippen LogP contribution in [0, 0.1) is 11.3 Å². The zero-order chi connectivity index (χ0) is 17.9. The lowest BCUT2D eigenvalue weighted by molar-refractivity contribution is -0.130. The minimum absolute atomic E-state index is 0.0495. The molecular weight excluding hydrogens is 320 g/mol. The number of nitrogens with zero attached hydrogens (tertiary/aromatic N) is 1. The van der Waals surface area contributed by atoms with Crippen molar-refractivity contribution in [3.05, 3.63) is 36.1 Å². The SMILES string of the molecule is C[C@H](OC(=O)c1cc2ccccc2o1)C(=O)NC1(C#N)CCCCC1. The molecule has 1 aliphatic rings. The van der Waals surface area contributed by atoms with E-state index >= 15 is 0 Å². The smallest absolute Gasteiger partial charge is 0.375 e. The van der Waals surface area contributed by atoms with E-state index in [0.29, 0.717) is 18.4 Å². The quantitative estimate of drug-likeness (QED) is 0.862. The number of benzene rings is 1. The first kappa shape index (κ1) is 17.0. The highest BCUT2D eigenvalue weighted by Gasteiger charge is 2.35. The lowest BCUT2D eigenvalue weighted by atomic mass is 9.83. The van der Waals surface area contributed by atoms with Gasteiger partial charge in [0.05, 0.1) is 6.07 Å². The fourth-order valence-electron chi connectivity index (χ4n) is 3.11.